The highest BCUT2D eigenvalue weighted by Crippen LogP contribution is 2.33. The van der Waals surface area contributed by atoms with Crippen LogP contribution in [0.4, 0.5) is 0 Å². The highest BCUT2D eigenvalue weighted by molar-refractivity contribution is 5.94. The van der Waals surface area contributed by atoms with Crippen molar-refractivity contribution in [3.05, 3.63) is 108 Å². The van der Waals surface area contributed by atoms with Gasteiger partial charge in [0.1, 0.15) is 18.1 Å². The Bertz CT molecular complexity index is 1480. The van der Waals surface area contributed by atoms with Gasteiger partial charge in [0.05, 0.1) is 6.61 Å². The van der Waals surface area contributed by atoms with E-state index in [1.165, 1.54) is 5.56 Å². The van der Waals surface area contributed by atoms with E-state index in [0.29, 0.717) is 31.9 Å². The number of amides is 1. The van der Waals surface area contributed by atoms with Crippen LogP contribution in [0, 0.1) is 0 Å². The lowest BCUT2D eigenvalue weighted by Gasteiger charge is -2.35. The molecule has 1 fully saturated rings. The van der Waals surface area contributed by atoms with E-state index in [-0.39, 0.29) is 12.7 Å². The van der Waals surface area contributed by atoms with Crippen LogP contribution >= 0.6 is 0 Å². The molecule has 0 spiro atoms. The quantitative estimate of drug-likeness (QED) is 0.254. The topological polar surface area (TPSA) is 60.5 Å². The van der Waals surface area contributed by atoms with Crippen molar-refractivity contribution < 1.29 is 23.7 Å². The number of hydrogen-bond acceptors (Lipinski definition) is 6. The molecule has 41 heavy (non-hydrogen) atoms. The van der Waals surface area contributed by atoms with Gasteiger partial charge in [-0.05, 0) is 66.1 Å². The van der Waals surface area contributed by atoms with Gasteiger partial charge in [-0.15, -0.1) is 0 Å². The van der Waals surface area contributed by atoms with Crippen molar-refractivity contribution in [2.75, 3.05) is 39.6 Å². The number of fused-ring (bicyclic) bond motifs is 1. The second kappa shape index (κ2) is 12.4. The van der Waals surface area contributed by atoms with Gasteiger partial charge in [0.25, 0.3) is 5.91 Å². The first-order valence-electron chi connectivity index (χ1n) is 14.1. The molecule has 0 N–H and O–H groups in total. The number of carbonyl (C=O) groups is 1. The van der Waals surface area contributed by atoms with Gasteiger partial charge in [-0.2, -0.15) is 0 Å². The molecule has 7 heteroatoms. The Kier molecular flexibility index (Phi) is 8.05. The summed E-state index contributed by atoms with van der Waals surface area (Å²) in [6, 6.07) is 30.0. The summed E-state index contributed by atoms with van der Waals surface area (Å²) in [7, 11) is 0. The number of carbonyl (C=O) groups excluding carboxylic acids is 1. The van der Waals surface area contributed by atoms with Gasteiger partial charge in [-0.3, -0.25) is 9.69 Å². The van der Waals surface area contributed by atoms with Gasteiger partial charge in [-0.1, -0.05) is 48.5 Å². The summed E-state index contributed by atoms with van der Waals surface area (Å²) in [5.74, 6) is 3.13. The Labute approximate surface area is 240 Å². The Hall–Kier alpha value is -4.49. The summed E-state index contributed by atoms with van der Waals surface area (Å²) in [4.78, 5) is 17.7. The fourth-order valence-corrected chi connectivity index (χ4v) is 5.25. The van der Waals surface area contributed by atoms with E-state index in [9.17, 15) is 4.79 Å². The molecule has 0 atom stereocenters. The maximum absolute atomic E-state index is 13.5. The molecule has 7 nitrogen and oxygen atoms in total. The van der Waals surface area contributed by atoms with E-state index in [1.54, 1.807) is 0 Å². The number of hydrogen-bond donors (Lipinski definition) is 0. The lowest BCUT2D eigenvalue weighted by Crippen LogP contribution is -2.48. The third-order valence-electron chi connectivity index (χ3n) is 7.47. The fourth-order valence-electron chi connectivity index (χ4n) is 5.25. The SMILES string of the molecule is CCOc1ccc(C(=O)N2CCN(Cc3ccc4c(c3)OCO4)CC2)cc1COc1ccc(-c2ccccc2)cc1. The highest BCUT2D eigenvalue weighted by Gasteiger charge is 2.24. The van der Waals surface area contributed by atoms with Crippen LogP contribution < -0.4 is 18.9 Å². The number of nitrogens with zero attached hydrogens (tertiary/aromatic N) is 2. The Balaban J connectivity index is 1.07. The number of benzene rings is 4. The molecule has 4 aromatic rings. The van der Waals surface area contributed by atoms with Crippen molar-refractivity contribution in [2.24, 2.45) is 0 Å². The van der Waals surface area contributed by atoms with Crippen LogP contribution in [0.2, 0.25) is 0 Å². The van der Waals surface area contributed by atoms with E-state index >= 15 is 0 Å². The molecule has 6 rings (SSSR count). The molecule has 2 aliphatic heterocycles. The predicted molar refractivity (Wildman–Crippen MR) is 158 cm³/mol. The molecule has 2 aliphatic rings. The smallest absolute Gasteiger partial charge is 0.253 e. The number of rotatable bonds is 9. The van der Waals surface area contributed by atoms with Gasteiger partial charge in [-0.25, -0.2) is 0 Å². The largest absolute Gasteiger partial charge is 0.493 e. The number of piperazine rings is 1. The van der Waals surface area contributed by atoms with Gasteiger partial charge in [0, 0.05) is 43.9 Å². The Morgan fingerprint density at radius 1 is 0.780 bits per heavy atom. The monoisotopic (exact) mass is 550 g/mol. The molecule has 4 aromatic carbocycles. The first-order valence-corrected chi connectivity index (χ1v) is 14.1. The van der Waals surface area contributed by atoms with Gasteiger partial charge in [0.2, 0.25) is 6.79 Å². The summed E-state index contributed by atoms with van der Waals surface area (Å²) in [5, 5.41) is 0. The molecule has 0 aliphatic carbocycles. The third-order valence-corrected chi connectivity index (χ3v) is 7.47. The Morgan fingerprint density at radius 3 is 2.32 bits per heavy atom. The molecule has 210 valence electrons. The van der Waals surface area contributed by atoms with Crippen LogP contribution in [-0.4, -0.2) is 55.3 Å². The van der Waals surface area contributed by atoms with Crippen molar-refractivity contribution in [3.8, 4) is 34.1 Å². The standard InChI is InChI=1S/C34H34N2O5/c1-2-38-31-15-11-28(21-29(31)23-39-30-12-9-27(10-13-30)26-6-4-3-5-7-26)34(37)36-18-16-35(17-19-36)22-25-8-14-32-33(20-25)41-24-40-32/h3-15,20-21H,2,16-19,22-24H2,1H3. The Morgan fingerprint density at radius 2 is 1.54 bits per heavy atom. The molecule has 0 radical (unpaired) electrons. The predicted octanol–water partition coefficient (Wildman–Crippen LogP) is 6.02. The summed E-state index contributed by atoms with van der Waals surface area (Å²) >= 11 is 0. The minimum absolute atomic E-state index is 0.0317. The number of ether oxygens (including phenoxy) is 4. The van der Waals surface area contributed by atoms with E-state index in [4.69, 9.17) is 18.9 Å². The van der Waals surface area contributed by atoms with E-state index < -0.39 is 0 Å². The molecule has 0 saturated carbocycles. The van der Waals surface area contributed by atoms with Crippen LogP contribution in [-0.2, 0) is 13.2 Å². The molecule has 1 saturated heterocycles. The van der Waals surface area contributed by atoms with Crippen molar-refractivity contribution in [2.45, 2.75) is 20.1 Å². The van der Waals surface area contributed by atoms with Gasteiger partial charge >= 0.3 is 0 Å². The minimum Gasteiger partial charge on any atom is -0.493 e. The zero-order chi connectivity index (χ0) is 28.0. The summed E-state index contributed by atoms with van der Waals surface area (Å²) < 4.78 is 22.9. The molecule has 0 unspecified atom stereocenters. The average molecular weight is 551 g/mol. The normalized spacial score (nSPS) is 14.6. The first-order chi connectivity index (χ1) is 20.2. The van der Waals surface area contributed by atoms with E-state index in [0.717, 1.165) is 59.3 Å². The highest BCUT2D eigenvalue weighted by atomic mass is 16.7. The van der Waals surface area contributed by atoms with Gasteiger partial charge < -0.3 is 23.8 Å². The first kappa shape index (κ1) is 26.7. The second-order valence-corrected chi connectivity index (χ2v) is 10.2. The molecule has 2 heterocycles. The maximum Gasteiger partial charge on any atom is 0.253 e. The van der Waals surface area contributed by atoms with Crippen LogP contribution in [0.1, 0.15) is 28.4 Å². The van der Waals surface area contributed by atoms with Gasteiger partial charge in [0.15, 0.2) is 11.5 Å². The zero-order valence-electron chi connectivity index (χ0n) is 23.3. The van der Waals surface area contributed by atoms with E-state index in [2.05, 4.69) is 35.2 Å². The minimum atomic E-state index is 0.0317. The zero-order valence-corrected chi connectivity index (χ0v) is 23.3. The summed E-state index contributed by atoms with van der Waals surface area (Å²) in [5.41, 5.74) is 4.98. The van der Waals surface area contributed by atoms with Crippen molar-refractivity contribution in [1.82, 2.24) is 9.80 Å². The molecular weight excluding hydrogens is 516 g/mol. The van der Waals surface area contributed by atoms with Crippen molar-refractivity contribution in [3.63, 3.8) is 0 Å². The summed E-state index contributed by atoms with van der Waals surface area (Å²) in [6.45, 7) is 6.87. The molecular formula is C34H34N2O5. The van der Waals surface area contributed by atoms with Crippen LogP contribution in [0.5, 0.6) is 23.0 Å². The van der Waals surface area contributed by atoms with Crippen molar-refractivity contribution >= 4 is 5.91 Å². The molecule has 0 bridgehead atoms. The van der Waals surface area contributed by atoms with Crippen molar-refractivity contribution in [1.29, 1.82) is 0 Å². The second-order valence-electron chi connectivity index (χ2n) is 10.2. The summed E-state index contributed by atoms with van der Waals surface area (Å²) in [6.07, 6.45) is 0. The molecule has 1 amide bonds. The lowest BCUT2D eigenvalue weighted by atomic mass is 10.1. The molecule has 0 aromatic heterocycles. The van der Waals surface area contributed by atoms with Crippen LogP contribution in [0.3, 0.4) is 0 Å². The van der Waals surface area contributed by atoms with Crippen LogP contribution in [0.25, 0.3) is 11.1 Å². The third kappa shape index (κ3) is 6.31. The lowest BCUT2D eigenvalue weighted by molar-refractivity contribution is 0.0628. The fraction of sp³-hybridized carbons (Fsp3) is 0.265. The average Bonchev–Trinajstić information content (AvgIpc) is 3.49. The maximum atomic E-state index is 13.5. The van der Waals surface area contributed by atoms with Crippen LogP contribution in [0.15, 0.2) is 91.0 Å². The van der Waals surface area contributed by atoms with E-state index in [1.807, 2.05) is 72.5 Å².